The van der Waals surface area contributed by atoms with E-state index in [9.17, 15) is 9.59 Å². The number of carbonyl (C=O) groups excluding carboxylic acids is 1. The number of aryl methyl sites for hydroxylation is 1. The average Bonchev–Trinajstić information content (AvgIpc) is 3.28. The van der Waals surface area contributed by atoms with E-state index in [1.807, 2.05) is 35.8 Å². The van der Waals surface area contributed by atoms with Crippen molar-refractivity contribution in [2.75, 3.05) is 13.2 Å². The van der Waals surface area contributed by atoms with Gasteiger partial charge in [0.05, 0.1) is 17.8 Å². The molecule has 1 aliphatic rings. The second-order valence-electron chi connectivity index (χ2n) is 6.78. The Morgan fingerprint density at radius 3 is 2.96 bits per heavy atom. The Hall–Kier alpha value is -2.67. The maximum Gasteiger partial charge on any atom is 0.291 e. The third-order valence-corrected chi connectivity index (χ3v) is 5.10. The SMILES string of the molecule is C[C@@H](C(=O)NC[C@H]1CCCO1)n1c2ccccc2c2cnn(C)c(=O)c21. The summed E-state index contributed by atoms with van der Waals surface area (Å²) in [5, 5.41) is 8.79. The molecule has 1 saturated heterocycles. The largest absolute Gasteiger partial charge is 0.376 e. The molecule has 1 aliphatic heterocycles. The van der Waals surface area contributed by atoms with E-state index in [1.54, 1.807) is 13.2 Å². The molecule has 2 aromatic heterocycles. The van der Waals surface area contributed by atoms with Crippen LogP contribution in [0.3, 0.4) is 0 Å². The number of fused-ring (bicyclic) bond motifs is 3. The molecule has 0 unspecified atom stereocenters. The van der Waals surface area contributed by atoms with Gasteiger partial charge in [-0.1, -0.05) is 18.2 Å². The van der Waals surface area contributed by atoms with Crippen LogP contribution in [0.2, 0.25) is 0 Å². The van der Waals surface area contributed by atoms with E-state index in [-0.39, 0.29) is 17.6 Å². The Balaban J connectivity index is 1.77. The molecule has 0 radical (unpaired) electrons. The maximum absolute atomic E-state index is 12.8. The number of benzene rings is 1. The minimum atomic E-state index is -0.520. The van der Waals surface area contributed by atoms with E-state index in [4.69, 9.17) is 4.74 Å². The molecule has 3 aromatic rings. The normalized spacial score (nSPS) is 18.5. The zero-order valence-corrected chi connectivity index (χ0v) is 14.9. The van der Waals surface area contributed by atoms with Crippen molar-refractivity contribution in [3.63, 3.8) is 0 Å². The highest BCUT2D eigenvalue weighted by molar-refractivity contribution is 6.08. The summed E-state index contributed by atoms with van der Waals surface area (Å²) in [5.74, 6) is -0.123. The fourth-order valence-corrected chi connectivity index (χ4v) is 3.68. The predicted molar refractivity (Wildman–Crippen MR) is 99.2 cm³/mol. The van der Waals surface area contributed by atoms with Crippen molar-refractivity contribution < 1.29 is 9.53 Å². The molecule has 2 atom stereocenters. The molecule has 0 spiro atoms. The molecule has 3 heterocycles. The van der Waals surface area contributed by atoms with E-state index in [2.05, 4.69) is 10.4 Å². The molecule has 1 aromatic carbocycles. The molecule has 4 rings (SSSR count). The van der Waals surface area contributed by atoms with Crippen LogP contribution in [0.1, 0.15) is 25.8 Å². The van der Waals surface area contributed by atoms with Gasteiger partial charge in [-0.25, -0.2) is 4.68 Å². The summed E-state index contributed by atoms with van der Waals surface area (Å²) < 4.78 is 8.69. The molecular weight excluding hydrogens is 332 g/mol. The number of hydrogen-bond acceptors (Lipinski definition) is 4. The van der Waals surface area contributed by atoms with Crippen LogP contribution in [-0.2, 0) is 16.6 Å². The predicted octanol–water partition coefficient (Wildman–Crippen LogP) is 1.74. The monoisotopic (exact) mass is 354 g/mol. The minimum absolute atomic E-state index is 0.0846. The van der Waals surface area contributed by atoms with Gasteiger partial charge in [-0.15, -0.1) is 0 Å². The van der Waals surface area contributed by atoms with Gasteiger partial charge in [0, 0.05) is 31.0 Å². The zero-order valence-electron chi connectivity index (χ0n) is 14.9. The molecule has 1 N–H and O–H groups in total. The minimum Gasteiger partial charge on any atom is -0.376 e. The Bertz CT molecular complexity index is 1030. The number of hydrogen-bond donors (Lipinski definition) is 1. The van der Waals surface area contributed by atoms with Gasteiger partial charge in [0.25, 0.3) is 5.56 Å². The number of ether oxygens (including phenoxy) is 1. The fraction of sp³-hybridized carbons (Fsp3) is 0.421. The summed E-state index contributed by atoms with van der Waals surface area (Å²) in [6.45, 7) is 3.07. The quantitative estimate of drug-likeness (QED) is 0.774. The Morgan fingerprint density at radius 2 is 2.19 bits per heavy atom. The number of para-hydroxylation sites is 1. The number of nitrogens with one attached hydrogen (secondary N) is 1. The highest BCUT2D eigenvalue weighted by Gasteiger charge is 2.24. The Morgan fingerprint density at radius 1 is 1.38 bits per heavy atom. The number of nitrogens with zero attached hydrogens (tertiary/aromatic N) is 3. The third kappa shape index (κ3) is 2.68. The number of carbonyl (C=O) groups is 1. The highest BCUT2D eigenvalue weighted by Crippen LogP contribution is 2.29. The van der Waals surface area contributed by atoms with Gasteiger partial charge in [0.1, 0.15) is 11.6 Å². The van der Waals surface area contributed by atoms with Gasteiger partial charge in [-0.05, 0) is 25.8 Å². The van der Waals surface area contributed by atoms with Gasteiger partial charge in [0.2, 0.25) is 5.91 Å². The summed E-state index contributed by atoms with van der Waals surface area (Å²) in [6.07, 6.45) is 3.77. The summed E-state index contributed by atoms with van der Waals surface area (Å²) in [6, 6.07) is 7.19. The second kappa shape index (κ2) is 6.57. The van der Waals surface area contributed by atoms with E-state index in [1.165, 1.54) is 4.68 Å². The lowest BCUT2D eigenvalue weighted by molar-refractivity contribution is -0.124. The first kappa shape index (κ1) is 16.8. The molecule has 1 amide bonds. The van der Waals surface area contributed by atoms with Gasteiger partial charge in [-0.3, -0.25) is 9.59 Å². The topological polar surface area (TPSA) is 78.2 Å². The van der Waals surface area contributed by atoms with Gasteiger partial charge in [-0.2, -0.15) is 5.10 Å². The molecule has 0 saturated carbocycles. The van der Waals surface area contributed by atoms with Crippen LogP contribution in [-0.4, -0.2) is 39.5 Å². The highest BCUT2D eigenvalue weighted by atomic mass is 16.5. The smallest absolute Gasteiger partial charge is 0.291 e. The number of aromatic nitrogens is 3. The van der Waals surface area contributed by atoms with E-state index in [0.29, 0.717) is 12.1 Å². The average molecular weight is 354 g/mol. The van der Waals surface area contributed by atoms with Gasteiger partial charge in [0.15, 0.2) is 0 Å². The summed E-state index contributed by atoms with van der Waals surface area (Å²) >= 11 is 0. The van der Waals surface area contributed by atoms with Crippen LogP contribution in [0.4, 0.5) is 0 Å². The van der Waals surface area contributed by atoms with E-state index < -0.39 is 6.04 Å². The summed E-state index contributed by atoms with van der Waals surface area (Å²) in [7, 11) is 1.62. The number of amides is 1. The lowest BCUT2D eigenvalue weighted by atomic mass is 10.2. The van der Waals surface area contributed by atoms with Gasteiger partial charge < -0.3 is 14.6 Å². The first-order valence-electron chi connectivity index (χ1n) is 8.92. The van der Waals surface area contributed by atoms with Crippen LogP contribution in [0.5, 0.6) is 0 Å². The van der Waals surface area contributed by atoms with E-state index >= 15 is 0 Å². The van der Waals surface area contributed by atoms with Crippen LogP contribution in [0.25, 0.3) is 21.8 Å². The molecule has 7 nitrogen and oxygen atoms in total. The van der Waals surface area contributed by atoms with Crippen LogP contribution in [0, 0.1) is 0 Å². The molecule has 0 bridgehead atoms. The molecular formula is C19H22N4O3. The lowest BCUT2D eigenvalue weighted by Gasteiger charge is -2.18. The standard InChI is InChI=1S/C19H22N4O3/c1-12(18(24)20-10-13-6-5-9-26-13)23-16-8-4-3-7-14(16)15-11-21-22(2)19(25)17(15)23/h3-4,7-8,11-13H,5-6,9-10H2,1-2H3,(H,20,24)/t12-,13+/m0/s1. The van der Waals surface area contributed by atoms with Crippen LogP contribution < -0.4 is 10.9 Å². The lowest BCUT2D eigenvalue weighted by Crippen LogP contribution is -2.36. The Labute approximate surface area is 150 Å². The molecule has 136 valence electrons. The third-order valence-electron chi connectivity index (χ3n) is 5.10. The van der Waals surface area contributed by atoms with E-state index in [0.717, 1.165) is 35.7 Å². The molecule has 7 heteroatoms. The first-order valence-corrected chi connectivity index (χ1v) is 8.92. The van der Waals surface area contributed by atoms with Crippen LogP contribution in [0.15, 0.2) is 35.3 Å². The maximum atomic E-state index is 12.8. The van der Waals surface area contributed by atoms with Gasteiger partial charge >= 0.3 is 0 Å². The van der Waals surface area contributed by atoms with Crippen molar-refractivity contribution in [3.8, 4) is 0 Å². The molecule has 0 aliphatic carbocycles. The van der Waals surface area contributed by atoms with Crippen LogP contribution >= 0.6 is 0 Å². The fourth-order valence-electron chi connectivity index (χ4n) is 3.68. The number of rotatable bonds is 4. The second-order valence-corrected chi connectivity index (χ2v) is 6.78. The molecule has 1 fully saturated rings. The van der Waals surface area contributed by atoms with Crippen molar-refractivity contribution in [1.82, 2.24) is 19.7 Å². The summed E-state index contributed by atoms with van der Waals surface area (Å²) in [5.41, 5.74) is 1.15. The van der Waals surface area contributed by atoms with Crippen molar-refractivity contribution in [3.05, 3.63) is 40.8 Å². The Kier molecular flexibility index (Phi) is 4.24. The zero-order chi connectivity index (χ0) is 18.3. The van der Waals surface area contributed by atoms with Crippen molar-refractivity contribution >= 4 is 27.7 Å². The van der Waals surface area contributed by atoms with Crippen molar-refractivity contribution in [2.45, 2.75) is 31.9 Å². The first-order chi connectivity index (χ1) is 12.6. The molecule has 26 heavy (non-hydrogen) atoms. The van der Waals surface area contributed by atoms with Crippen molar-refractivity contribution in [2.24, 2.45) is 7.05 Å². The van der Waals surface area contributed by atoms with Crippen molar-refractivity contribution in [1.29, 1.82) is 0 Å². The summed E-state index contributed by atoms with van der Waals surface area (Å²) in [4.78, 5) is 25.5.